The Morgan fingerprint density at radius 2 is 1.57 bits per heavy atom. The molecule has 5 nitrogen and oxygen atoms in total. The molecule has 186 valence electrons. The van der Waals surface area contributed by atoms with Crippen LogP contribution in [0.1, 0.15) is 43.6 Å². The third-order valence-corrected chi connectivity index (χ3v) is 7.65. The number of rotatable bonds is 8. The molecule has 0 aromatic heterocycles. The molecule has 4 aromatic carbocycles. The maximum Gasteiger partial charge on any atom is 0.341 e. The zero-order chi connectivity index (χ0) is 25.6. The number of carbonyl (C=O) groups excluding carboxylic acids is 2. The monoisotopic (exact) mass is 509 g/mol. The summed E-state index contributed by atoms with van der Waals surface area (Å²) in [6.45, 7) is 0.657. The number of para-hydroxylation sites is 1. The van der Waals surface area contributed by atoms with Crippen LogP contribution < -0.4 is 4.74 Å². The van der Waals surface area contributed by atoms with Crippen molar-refractivity contribution in [2.45, 2.75) is 23.1 Å². The van der Waals surface area contributed by atoms with Crippen molar-refractivity contribution in [3.63, 3.8) is 0 Å². The molecular weight excluding hydrogens is 482 g/mol. The number of carbonyl (C=O) groups is 2. The highest BCUT2D eigenvalue weighted by Gasteiger charge is 2.33. The molecule has 5 rings (SSSR count). The van der Waals surface area contributed by atoms with Crippen LogP contribution in [0.2, 0.25) is 0 Å². The van der Waals surface area contributed by atoms with Crippen molar-refractivity contribution in [2.24, 2.45) is 0 Å². The predicted octanol–water partition coefficient (Wildman–Crippen LogP) is 7.15. The van der Waals surface area contributed by atoms with Gasteiger partial charge in [0, 0.05) is 11.4 Å². The molecule has 0 aliphatic carbocycles. The standard InChI is InChI=1S/C31H27NO4S/c1-35-31(34)25-13-5-7-15-27(25)36-24-19-17-23(18-20-24)30-32(21-9-12-22-10-3-2-4-11-22)29(33)26-14-6-8-16-28(26)37-30/h2-8,10-11,13-20,30H,9,12,21H2,1H3. The van der Waals surface area contributed by atoms with Gasteiger partial charge in [0.25, 0.3) is 5.91 Å². The summed E-state index contributed by atoms with van der Waals surface area (Å²) in [4.78, 5) is 28.6. The quantitative estimate of drug-likeness (QED) is 0.236. The molecule has 1 aliphatic heterocycles. The second-order valence-electron chi connectivity index (χ2n) is 8.71. The van der Waals surface area contributed by atoms with E-state index in [2.05, 4.69) is 12.1 Å². The molecule has 37 heavy (non-hydrogen) atoms. The number of hydrogen-bond donors (Lipinski definition) is 0. The van der Waals surface area contributed by atoms with Crippen LogP contribution in [0, 0.1) is 0 Å². The van der Waals surface area contributed by atoms with E-state index in [0.717, 1.165) is 28.9 Å². The van der Waals surface area contributed by atoms with E-state index in [9.17, 15) is 9.59 Å². The largest absolute Gasteiger partial charge is 0.465 e. The molecule has 1 atom stereocenters. The van der Waals surface area contributed by atoms with Gasteiger partial charge in [-0.2, -0.15) is 0 Å². The fourth-order valence-electron chi connectivity index (χ4n) is 4.42. The fourth-order valence-corrected chi connectivity index (χ4v) is 5.72. The third-order valence-electron chi connectivity index (χ3n) is 6.29. The van der Waals surface area contributed by atoms with E-state index in [0.29, 0.717) is 23.6 Å². The minimum Gasteiger partial charge on any atom is -0.465 e. The van der Waals surface area contributed by atoms with Crippen LogP contribution in [-0.4, -0.2) is 30.4 Å². The summed E-state index contributed by atoms with van der Waals surface area (Å²) in [5.74, 6) is 0.637. The van der Waals surface area contributed by atoms with E-state index in [1.54, 1.807) is 30.0 Å². The number of methoxy groups -OCH3 is 1. The maximum absolute atomic E-state index is 13.5. The van der Waals surface area contributed by atoms with Crippen LogP contribution in [-0.2, 0) is 11.2 Å². The second kappa shape index (κ2) is 11.4. The molecule has 1 heterocycles. The van der Waals surface area contributed by atoms with Crippen molar-refractivity contribution < 1.29 is 19.1 Å². The van der Waals surface area contributed by atoms with Gasteiger partial charge in [-0.3, -0.25) is 4.79 Å². The first-order valence-corrected chi connectivity index (χ1v) is 13.1. The summed E-state index contributed by atoms with van der Waals surface area (Å²) >= 11 is 1.69. The predicted molar refractivity (Wildman–Crippen MR) is 145 cm³/mol. The van der Waals surface area contributed by atoms with Crippen molar-refractivity contribution in [3.05, 3.63) is 125 Å². The zero-order valence-corrected chi connectivity index (χ0v) is 21.3. The Labute approximate surface area is 221 Å². The van der Waals surface area contributed by atoms with Gasteiger partial charge in [0.05, 0.1) is 12.7 Å². The van der Waals surface area contributed by atoms with Crippen LogP contribution in [0.15, 0.2) is 108 Å². The summed E-state index contributed by atoms with van der Waals surface area (Å²) < 4.78 is 10.9. The first-order chi connectivity index (χ1) is 18.1. The van der Waals surface area contributed by atoms with Crippen molar-refractivity contribution in [2.75, 3.05) is 13.7 Å². The van der Waals surface area contributed by atoms with E-state index < -0.39 is 5.97 Å². The number of esters is 1. The van der Waals surface area contributed by atoms with Crippen LogP contribution in [0.4, 0.5) is 0 Å². The van der Waals surface area contributed by atoms with Gasteiger partial charge in [-0.05, 0) is 60.4 Å². The van der Waals surface area contributed by atoms with E-state index in [1.807, 2.05) is 77.7 Å². The molecule has 1 aliphatic rings. The lowest BCUT2D eigenvalue weighted by molar-refractivity contribution is 0.0597. The number of benzene rings is 4. The third kappa shape index (κ3) is 5.54. The molecule has 0 N–H and O–H groups in total. The topological polar surface area (TPSA) is 55.8 Å². The lowest BCUT2D eigenvalue weighted by Crippen LogP contribution is -2.37. The van der Waals surface area contributed by atoms with Crippen LogP contribution in [0.3, 0.4) is 0 Å². The van der Waals surface area contributed by atoms with Crippen LogP contribution >= 0.6 is 11.8 Å². The Bertz CT molecular complexity index is 1390. The van der Waals surface area contributed by atoms with Gasteiger partial charge in [0.15, 0.2) is 0 Å². The molecule has 0 radical (unpaired) electrons. The molecule has 0 saturated carbocycles. The Morgan fingerprint density at radius 1 is 0.865 bits per heavy atom. The molecule has 4 aromatic rings. The number of nitrogens with zero attached hydrogens (tertiary/aromatic N) is 1. The summed E-state index contributed by atoms with van der Waals surface area (Å²) in [7, 11) is 1.35. The molecule has 0 fully saturated rings. The van der Waals surface area contributed by atoms with Gasteiger partial charge in [-0.15, -0.1) is 0 Å². The Kier molecular flexibility index (Phi) is 7.57. The number of aryl methyl sites for hydroxylation is 1. The molecule has 1 amide bonds. The average Bonchev–Trinajstić information content (AvgIpc) is 2.95. The molecular formula is C31H27NO4S. The normalized spacial score (nSPS) is 14.7. The summed E-state index contributed by atoms with van der Waals surface area (Å²) in [5.41, 5.74) is 3.40. The molecule has 0 spiro atoms. The Hall–Kier alpha value is -4.03. The van der Waals surface area contributed by atoms with Gasteiger partial charge in [-0.1, -0.05) is 78.5 Å². The fraction of sp³-hybridized carbons (Fsp3) is 0.161. The van der Waals surface area contributed by atoms with Gasteiger partial charge in [-0.25, -0.2) is 4.79 Å². The highest BCUT2D eigenvalue weighted by molar-refractivity contribution is 7.99. The number of fused-ring (bicyclic) bond motifs is 1. The Morgan fingerprint density at radius 3 is 2.35 bits per heavy atom. The lowest BCUT2D eigenvalue weighted by atomic mass is 10.1. The minimum atomic E-state index is -0.450. The van der Waals surface area contributed by atoms with Gasteiger partial charge < -0.3 is 14.4 Å². The van der Waals surface area contributed by atoms with Crippen molar-refractivity contribution in [1.29, 1.82) is 0 Å². The SMILES string of the molecule is COC(=O)c1ccccc1Oc1ccc(C2Sc3ccccc3C(=O)N2CCCc2ccccc2)cc1. The van der Waals surface area contributed by atoms with Crippen molar-refractivity contribution >= 4 is 23.6 Å². The number of ether oxygens (including phenoxy) is 2. The number of thioether (sulfide) groups is 1. The summed E-state index contributed by atoms with van der Waals surface area (Å²) in [6.07, 6.45) is 1.79. The number of hydrogen-bond acceptors (Lipinski definition) is 5. The first kappa shape index (κ1) is 24.7. The molecule has 0 saturated heterocycles. The summed E-state index contributed by atoms with van der Waals surface area (Å²) in [5, 5.41) is -0.144. The van der Waals surface area contributed by atoms with Crippen molar-refractivity contribution in [3.8, 4) is 11.5 Å². The highest BCUT2D eigenvalue weighted by Crippen LogP contribution is 2.45. The highest BCUT2D eigenvalue weighted by atomic mass is 32.2. The zero-order valence-electron chi connectivity index (χ0n) is 20.5. The molecule has 0 bridgehead atoms. The van der Waals surface area contributed by atoms with E-state index in [4.69, 9.17) is 9.47 Å². The van der Waals surface area contributed by atoms with Gasteiger partial charge in [0.2, 0.25) is 0 Å². The van der Waals surface area contributed by atoms with E-state index in [1.165, 1.54) is 12.7 Å². The van der Waals surface area contributed by atoms with Gasteiger partial charge in [0.1, 0.15) is 22.4 Å². The van der Waals surface area contributed by atoms with Crippen LogP contribution in [0.25, 0.3) is 0 Å². The van der Waals surface area contributed by atoms with Crippen LogP contribution in [0.5, 0.6) is 11.5 Å². The van der Waals surface area contributed by atoms with E-state index in [-0.39, 0.29) is 11.3 Å². The molecule has 6 heteroatoms. The summed E-state index contributed by atoms with van der Waals surface area (Å²) in [6, 6.07) is 32.8. The number of amides is 1. The van der Waals surface area contributed by atoms with Gasteiger partial charge >= 0.3 is 5.97 Å². The van der Waals surface area contributed by atoms with Crippen molar-refractivity contribution in [1.82, 2.24) is 4.90 Å². The Balaban J connectivity index is 1.37. The minimum absolute atomic E-state index is 0.0553. The average molecular weight is 510 g/mol. The maximum atomic E-state index is 13.5. The smallest absolute Gasteiger partial charge is 0.341 e. The molecule has 1 unspecified atom stereocenters. The second-order valence-corrected chi connectivity index (χ2v) is 9.83. The lowest BCUT2D eigenvalue weighted by Gasteiger charge is -2.36. The first-order valence-electron chi connectivity index (χ1n) is 12.2. The van der Waals surface area contributed by atoms with E-state index >= 15 is 0 Å².